The van der Waals surface area contributed by atoms with Crippen molar-refractivity contribution in [2.24, 2.45) is 0 Å². The number of phenols is 1. The van der Waals surface area contributed by atoms with Gasteiger partial charge in [0.15, 0.2) is 0 Å². The molecule has 0 saturated heterocycles. The smallest absolute Gasteiger partial charge is 0.123 e. The molecule has 0 radical (unpaired) electrons. The van der Waals surface area contributed by atoms with E-state index in [0.29, 0.717) is 12.4 Å². The molecule has 14 heavy (non-hydrogen) atoms. The summed E-state index contributed by atoms with van der Waals surface area (Å²) >= 11 is 0. The number of benzene rings is 1. The van der Waals surface area contributed by atoms with Gasteiger partial charge < -0.3 is 9.84 Å². The lowest BCUT2D eigenvalue weighted by molar-refractivity contribution is 0.335. The lowest BCUT2D eigenvalue weighted by Crippen LogP contribution is -1.99. The maximum Gasteiger partial charge on any atom is 0.123 e. The highest BCUT2D eigenvalue weighted by Crippen LogP contribution is 2.32. The summed E-state index contributed by atoms with van der Waals surface area (Å²) in [5, 5.41) is 9.76. The van der Waals surface area contributed by atoms with E-state index in [0.717, 1.165) is 28.9 Å². The normalized spacial score (nSPS) is 10.3. The zero-order chi connectivity index (χ0) is 10.7. The third-order valence-corrected chi connectivity index (χ3v) is 2.48. The summed E-state index contributed by atoms with van der Waals surface area (Å²) in [6.45, 7) is 8.53. The van der Waals surface area contributed by atoms with Crippen molar-refractivity contribution in [3.63, 3.8) is 0 Å². The van der Waals surface area contributed by atoms with Crippen LogP contribution in [0.1, 0.15) is 30.5 Å². The SMILES string of the molecule is CCOc1cc(C)c(O)c(C)c1CC. The first-order valence-electron chi connectivity index (χ1n) is 5.06. The highest BCUT2D eigenvalue weighted by atomic mass is 16.5. The van der Waals surface area contributed by atoms with Crippen LogP contribution in [0.25, 0.3) is 0 Å². The number of aryl methyl sites for hydroxylation is 1. The second-order valence-corrected chi connectivity index (χ2v) is 3.43. The Morgan fingerprint density at radius 2 is 1.93 bits per heavy atom. The van der Waals surface area contributed by atoms with Crippen molar-refractivity contribution in [2.75, 3.05) is 6.61 Å². The van der Waals surface area contributed by atoms with Crippen LogP contribution >= 0.6 is 0 Å². The monoisotopic (exact) mass is 194 g/mol. The van der Waals surface area contributed by atoms with Gasteiger partial charge in [0.25, 0.3) is 0 Å². The van der Waals surface area contributed by atoms with Crippen LogP contribution in [0.2, 0.25) is 0 Å². The first-order chi connectivity index (χ1) is 6.61. The van der Waals surface area contributed by atoms with E-state index >= 15 is 0 Å². The van der Waals surface area contributed by atoms with Crippen molar-refractivity contribution in [1.82, 2.24) is 0 Å². The number of rotatable bonds is 3. The fourth-order valence-corrected chi connectivity index (χ4v) is 1.70. The summed E-state index contributed by atoms with van der Waals surface area (Å²) in [5.74, 6) is 1.30. The molecule has 1 aromatic carbocycles. The van der Waals surface area contributed by atoms with Gasteiger partial charge in [0, 0.05) is 5.56 Å². The summed E-state index contributed by atoms with van der Waals surface area (Å²) in [7, 11) is 0. The van der Waals surface area contributed by atoms with Gasteiger partial charge in [-0.05, 0) is 44.4 Å². The van der Waals surface area contributed by atoms with Crippen LogP contribution in [0.5, 0.6) is 11.5 Å². The molecule has 0 saturated carbocycles. The van der Waals surface area contributed by atoms with Crippen LogP contribution in [0.15, 0.2) is 6.07 Å². The second kappa shape index (κ2) is 4.36. The van der Waals surface area contributed by atoms with Gasteiger partial charge >= 0.3 is 0 Å². The van der Waals surface area contributed by atoms with Gasteiger partial charge in [0.05, 0.1) is 6.61 Å². The third kappa shape index (κ3) is 1.84. The lowest BCUT2D eigenvalue weighted by Gasteiger charge is -2.14. The van der Waals surface area contributed by atoms with Gasteiger partial charge in [-0.1, -0.05) is 6.92 Å². The van der Waals surface area contributed by atoms with E-state index in [9.17, 15) is 5.11 Å². The van der Waals surface area contributed by atoms with Crippen molar-refractivity contribution in [3.8, 4) is 11.5 Å². The molecule has 1 aromatic rings. The Labute approximate surface area is 85.5 Å². The van der Waals surface area contributed by atoms with E-state index in [2.05, 4.69) is 6.92 Å². The molecule has 0 heterocycles. The van der Waals surface area contributed by atoms with Gasteiger partial charge in [-0.3, -0.25) is 0 Å². The topological polar surface area (TPSA) is 29.5 Å². The van der Waals surface area contributed by atoms with Crippen molar-refractivity contribution in [2.45, 2.75) is 34.1 Å². The molecule has 0 unspecified atom stereocenters. The Balaban J connectivity index is 3.28. The molecule has 0 atom stereocenters. The average molecular weight is 194 g/mol. The first kappa shape index (κ1) is 10.9. The Kier molecular flexibility index (Phi) is 3.39. The molecule has 1 N–H and O–H groups in total. The third-order valence-electron chi connectivity index (χ3n) is 2.48. The number of hydrogen-bond donors (Lipinski definition) is 1. The van der Waals surface area contributed by atoms with Gasteiger partial charge in [0.1, 0.15) is 11.5 Å². The molecule has 0 spiro atoms. The van der Waals surface area contributed by atoms with Crippen molar-refractivity contribution in [3.05, 3.63) is 22.8 Å². The minimum atomic E-state index is 0.394. The van der Waals surface area contributed by atoms with E-state index in [1.807, 2.05) is 26.8 Å². The summed E-state index contributed by atoms with van der Waals surface area (Å²) in [6.07, 6.45) is 0.884. The Morgan fingerprint density at radius 1 is 1.29 bits per heavy atom. The standard InChI is InChI=1S/C12H18O2/c1-5-10-9(4)12(13)8(3)7-11(10)14-6-2/h7,13H,5-6H2,1-4H3. The number of ether oxygens (including phenoxy) is 1. The molecule has 0 amide bonds. The Morgan fingerprint density at radius 3 is 2.43 bits per heavy atom. The Bertz CT molecular complexity index is 330. The average Bonchev–Trinajstić information content (AvgIpc) is 2.16. The summed E-state index contributed by atoms with van der Waals surface area (Å²) in [6, 6.07) is 1.91. The molecule has 0 aliphatic heterocycles. The summed E-state index contributed by atoms with van der Waals surface area (Å²) in [5.41, 5.74) is 2.93. The zero-order valence-electron chi connectivity index (χ0n) is 9.35. The quantitative estimate of drug-likeness (QED) is 0.801. The zero-order valence-corrected chi connectivity index (χ0v) is 9.35. The predicted molar refractivity (Wildman–Crippen MR) is 58.1 cm³/mol. The summed E-state index contributed by atoms with van der Waals surface area (Å²) < 4.78 is 5.53. The molecule has 0 aliphatic rings. The van der Waals surface area contributed by atoms with Crippen LogP contribution in [0.4, 0.5) is 0 Å². The summed E-state index contributed by atoms with van der Waals surface area (Å²) in [4.78, 5) is 0. The highest BCUT2D eigenvalue weighted by molar-refractivity contribution is 5.51. The van der Waals surface area contributed by atoms with Crippen LogP contribution in [-0.4, -0.2) is 11.7 Å². The lowest BCUT2D eigenvalue weighted by atomic mass is 10.0. The van der Waals surface area contributed by atoms with Crippen LogP contribution < -0.4 is 4.74 Å². The van der Waals surface area contributed by atoms with Crippen molar-refractivity contribution < 1.29 is 9.84 Å². The first-order valence-corrected chi connectivity index (χ1v) is 5.06. The molecule has 0 fully saturated rings. The molecule has 0 bridgehead atoms. The van der Waals surface area contributed by atoms with Crippen LogP contribution in [0, 0.1) is 13.8 Å². The molecule has 2 nitrogen and oxygen atoms in total. The van der Waals surface area contributed by atoms with Crippen molar-refractivity contribution >= 4 is 0 Å². The number of phenolic OH excluding ortho intramolecular Hbond substituents is 1. The van der Waals surface area contributed by atoms with Crippen LogP contribution in [0.3, 0.4) is 0 Å². The van der Waals surface area contributed by atoms with E-state index in [-0.39, 0.29) is 0 Å². The van der Waals surface area contributed by atoms with E-state index in [4.69, 9.17) is 4.74 Å². The maximum atomic E-state index is 9.76. The molecule has 2 heteroatoms. The van der Waals surface area contributed by atoms with Crippen molar-refractivity contribution in [1.29, 1.82) is 0 Å². The predicted octanol–water partition coefficient (Wildman–Crippen LogP) is 2.97. The van der Waals surface area contributed by atoms with Gasteiger partial charge in [0.2, 0.25) is 0 Å². The fourth-order valence-electron chi connectivity index (χ4n) is 1.70. The molecule has 78 valence electrons. The number of hydrogen-bond acceptors (Lipinski definition) is 2. The largest absolute Gasteiger partial charge is 0.507 e. The maximum absolute atomic E-state index is 9.76. The Hall–Kier alpha value is -1.18. The van der Waals surface area contributed by atoms with Gasteiger partial charge in [-0.25, -0.2) is 0 Å². The van der Waals surface area contributed by atoms with Crippen LogP contribution in [-0.2, 0) is 6.42 Å². The van der Waals surface area contributed by atoms with E-state index < -0.39 is 0 Å². The highest BCUT2D eigenvalue weighted by Gasteiger charge is 2.11. The molecular weight excluding hydrogens is 176 g/mol. The van der Waals surface area contributed by atoms with Gasteiger partial charge in [-0.15, -0.1) is 0 Å². The minimum Gasteiger partial charge on any atom is -0.507 e. The van der Waals surface area contributed by atoms with E-state index in [1.54, 1.807) is 0 Å². The fraction of sp³-hybridized carbons (Fsp3) is 0.500. The van der Waals surface area contributed by atoms with E-state index in [1.165, 1.54) is 0 Å². The van der Waals surface area contributed by atoms with Gasteiger partial charge in [-0.2, -0.15) is 0 Å². The minimum absolute atomic E-state index is 0.394. The molecule has 0 aliphatic carbocycles. The molecular formula is C12H18O2. The molecule has 1 rings (SSSR count). The second-order valence-electron chi connectivity index (χ2n) is 3.43. The molecule has 0 aromatic heterocycles. The number of aromatic hydroxyl groups is 1.